The minimum atomic E-state index is -3.51. The molecule has 0 bridgehead atoms. The fourth-order valence-electron chi connectivity index (χ4n) is 3.25. The molecule has 1 heterocycles. The first-order chi connectivity index (χ1) is 13.6. The summed E-state index contributed by atoms with van der Waals surface area (Å²) in [6.45, 7) is 4.55. The molecule has 0 radical (unpaired) electrons. The Hall–Kier alpha value is -1.94. The van der Waals surface area contributed by atoms with Crippen molar-refractivity contribution in [3.63, 3.8) is 0 Å². The molecule has 1 atom stereocenters. The van der Waals surface area contributed by atoms with Gasteiger partial charge in [0.15, 0.2) is 6.21 Å². The number of sulfonamides is 1. The van der Waals surface area contributed by atoms with E-state index in [4.69, 9.17) is 12.2 Å². The summed E-state index contributed by atoms with van der Waals surface area (Å²) in [6.07, 6.45) is 0.996. The Morgan fingerprint density at radius 1 is 1.21 bits per heavy atom. The van der Waals surface area contributed by atoms with E-state index >= 15 is 0 Å². The van der Waals surface area contributed by atoms with Crippen LogP contribution in [0.1, 0.15) is 25.0 Å². The number of thioether (sulfide) groups is 1. The zero-order chi connectivity index (χ0) is 21.2. The van der Waals surface area contributed by atoms with Crippen LogP contribution in [0.4, 0.5) is 0 Å². The summed E-state index contributed by atoms with van der Waals surface area (Å²) in [7, 11) is -2.15. The second-order valence-electron chi connectivity index (χ2n) is 7.22. The zero-order valence-electron chi connectivity index (χ0n) is 16.4. The monoisotopic (exact) mass is 449 g/mol. The minimum Gasteiger partial charge on any atom is -0.622 e. The summed E-state index contributed by atoms with van der Waals surface area (Å²) in [5, 5.41) is 13.1. The van der Waals surface area contributed by atoms with Gasteiger partial charge in [-0.25, -0.2) is 13.1 Å². The molecule has 0 aliphatic carbocycles. The van der Waals surface area contributed by atoms with Gasteiger partial charge in [-0.05, 0) is 50.7 Å². The maximum Gasteiger partial charge on any atom is 0.254 e. The number of hydroxylamine groups is 1. The smallest absolute Gasteiger partial charge is 0.254 e. The maximum atomic E-state index is 13.1. The molecule has 0 aromatic heterocycles. The lowest BCUT2D eigenvalue weighted by atomic mass is 10.1. The largest absolute Gasteiger partial charge is 0.622 e. The van der Waals surface area contributed by atoms with E-state index in [1.807, 2.05) is 49.1 Å². The number of hydrogen-bond donors (Lipinski definition) is 1. The third-order valence-electron chi connectivity index (χ3n) is 4.67. The molecular formula is C20H23N3O3S3. The zero-order valence-corrected chi connectivity index (χ0v) is 18.9. The summed E-state index contributed by atoms with van der Waals surface area (Å²) in [5.41, 5.74) is 1.70. The van der Waals surface area contributed by atoms with Crippen LogP contribution in [-0.4, -0.2) is 46.6 Å². The second kappa shape index (κ2) is 8.43. The van der Waals surface area contributed by atoms with E-state index in [0.717, 1.165) is 10.3 Å². The summed E-state index contributed by atoms with van der Waals surface area (Å²) >= 11 is 7.07. The normalized spacial score (nSPS) is 19.6. The van der Waals surface area contributed by atoms with E-state index in [1.54, 1.807) is 12.1 Å². The molecule has 0 saturated carbocycles. The maximum absolute atomic E-state index is 13.1. The van der Waals surface area contributed by atoms with Gasteiger partial charge in [-0.15, -0.1) is 0 Å². The van der Waals surface area contributed by atoms with Crippen LogP contribution in [0.3, 0.4) is 0 Å². The lowest BCUT2D eigenvalue weighted by Gasteiger charge is -2.29. The van der Waals surface area contributed by atoms with E-state index in [2.05, 4.69) is 4.72 Å². The molecule has 2 aromatic rings. The van der Waals surface area contributed by atoms with Crippen molar-refractivity contribution in [2.45, 2.75) is 36.2 Å². The number of thiocarbonyl (C=S) groups is 1. The second-order valence-corrected chi connectivity index (χ2v) is 11.4. The molecule has 1 aliphatic rings. The van der Waals surface area contributed by atoms with Gasteiger partial charge in [0, 0.05) is 5.56 Å². The average molecular weight is 450 g/mol. The Morgan fingerprint density at radius 2 is 1.83 bits per heavy atom. The van der Waals surface area contributed by atoms with Crippen LogP contribution in [0, 0.1) is 5.21 Å². The first-order valence-corrected chi connectivity index (χ1v) is 11.7. The number of benzene rings is 2. The Labute approximate surface area is 181 Å². The highest BCUT2D eigenvalue weighted by Gasteiger charge is 2.50. The van der Waals surface area contributed by atoms with Gasteiger partial charge in [-0.1, -0.05) is 54.3 Å². The standard InChI is InChI=1S/C20H23N3O3S3/c1-20(2)18(22(19(27)28-20)13-15-7-5-4-6-8-15)23(24)14-16-9-11-17(12-10-16)29(25,26)21-3/h4-12,14,18,21H,13H2,1-3H3/b23-14-/t18-/m0/s1. The molecule has 6 nitrogen and oxygen atoms in total. The summed E-state index contributed by atoms with van der Waals surface area (Å²) in [6, 6.07) is 16.1. The quantitative estimate of drug-likeness (QED) is 0.240. The number of nitrogens with one attached hydrogen (secondary N) is 1. The summed E-state index contributed by atoms with van der Waals surface area (Å²) in [4.78, 5) is 2.09. The fraction of sp³-hybridized carbons (Fsp3) is 0.300. The van der Waals surface area contributed by atoms with Gasteiger partial charge < -0.3 is 5.21 Å². The van der Waals surface area contributed by atoms with Crippen molar-refractivity contribution in [3.8, 4) is 0 Å². The van der Waals surface area contributed by atoms with E-state index in [9.17, 15) is 13.6 Å². The molecule has 1 N–H and O–H groups in total. The molecule has 0 spiro atoms. The van der Waals surface area contributed by atoms with Crippen molar-refractivity contribution < 1.29 is 13.2 Å². The van der Waals surface area contributed by atoms with Crippen molar-refractivity contribution in [3.05, 3.63) is 70.9 Å². The third kappa shape index (κ3) is 4.80. The molecule has 0 unspecified atom stereocenters. The van der Waals surface area contributed by atoms with Gasteiger partial charge in [0.25, 0.3) is 6.17 Å². The third-order valence-corrected chi connectivity index (χ3v) is 7.73. The highest BCUT2D eigenvalue weighted by atomic mass is 32.2. The van der Waals surface area contributed by atoms with Crippen LogP contribution < -0.4 is 4.72 Å². The van der Waals surface area contributed by atoms with Crippen LogP contribution in [0.25, 0.3) is 0 Å². The first-order valence-electron chi connectivity index (χ1n) is 9.01. The van der Waals surface area contributed by atoms with E-state index in [-0.39, 0.29) is 4.90 Å². The van der Waals surface area contributed by atoms with Crippen LogP contribution in [0.15, 0.2) is 59.5 Å². The molecule has 9 heteroatoms. The van der Waals surface area contributed by atoms with Gasteiger partial charge in [-0.3, -0.25) is 4.90 Å². The van der Waals surface area contributed by atoms with E-state index < -0.39 is 20.9 Å². The van der Waals surface area contributed by atoms with Crippen molar-refractivity contribution in [1.82, 2.24) is 9.62 Å². The first kappa shape index (κ1) is 21.8. The van der Waals surface area contributed by atoms with Gasteiger partial charge >= 0.3 is 0 Å². The highest BCUT2D eigenvalue weighted by molar-refractivity contribution is 8.24. The van der Waals surface area contributed by atoms with Crippen molar-refractivity contribution in [2.75, 3.05) is 7.05 Å². The molecule has 1 fully saturated rings. The fourth-order valence-corrected chi connectivity index (χ4v) is 5.86. The molecule has 3 rings (SSSR count). The van der Waals surface area contributed by atoms with Gasteiger partial charge in [-0.2, -0.15) is 4.74 Å². The van der Waals surface area contributed by atoms with E-state index in [1.165, 1.54) is 37.2 Å². The van der Waals surface area contributed by atoms with Gasteiger partial charge in [0.05, 0.1) is 11.4 Å². The lowest BCUT2D eigenvalue weighted by Crippen LogP contribution is -2.47. The molecule has 0 amide bonds. The van der Waals surface area contributed by atoms with Crippen LogP contribution in [-0.2, 0) is 16.6 Å². The molecule has 2 aromatic carbocycles. The van der Waals surface area contributed by atoms with Crippen molar-refractivity contribution in [2.24, 2.45) is 0 Å². The minimum absolute atomic E-state index is 0.151. The summed E-state index contributed by atoms with van der Waals surface area (Å²) in [5.74, 6) is 0. The predicted octanol–water partition coefficient (Wildman–Crippen LogP) is 3.16. The topological polar surface area (TPSA) is 75.5 Å². The Bertz CT molecular complexity index is 1020. The Balaban J connectivity index is 1.89. The predicted molar refractivity (Wildman–Crippen MR) is 122 cm³/mol. The highest BCUT2D eigenvalue weighted by Crippen LogP contribution is 2.42. The summed E-state index contributed by atoms with van der Waals surface area (Å²) < 4.78 is 27.2. The Kier molecular flexibility index (Phi) is 6.33. The van der Waals surface area contributed by atoms with Crippen LogP contribution in [0.5, 0.6) is 0 Å². The van der Waals surface area contributed by atoms with Crippen molar-refractivity contribution in [1.29, 1.82) is 0 Å². The van der Waals surface area contributed by atoms with Gasteiger partial charge in [0.2, 0.25) is 10.0 Å². The van der Waals surface area contributed by atoms with Crippen molar-refractivity contribution >= 4 is 44.5 Å². The molecule has 1 saturated heterocycles. The van der Waals surface area contributed by atoms with Crippen LogP contribution in [0.2, 0.25) is 0 Å². The Morgan fingerprint density at radius 3 is 2.41 bits per heavy atom. The molecule has 154 valence electrons. The number of nitrogens with zero attached hydrogens (tertiary/aromatic N) is 2. The average Bonchev–Trinajstić information content (AvgIpc) is 2.91. The lowest BCUT2D eigenvalue weighted by molar-refractivity contribution is -0.524. The molecule has 29 heavy (non-hydrogen) atoms. The van der Waals surface area contributed by atoms with E-state index in [0.29, 0.717) is 16.4 Å². The molecule has 1 aliphatic heterocycles. The molecular weight excluding hydrogens is 426 g/mol. The SMILES string of the molecule is CNS(=O)(=O)c1ccc(/C=[N+](\[O-])[C@@H]2N(Cc3ccccc3)C(=S)SC2(C)C)cc1. The number of hydrogen-bond acceptors (Lipinski definition) is 5. The van der Waals surface area contributed by atoms with Crippen LogP contribution >= 0.6 is 24.0 Å². The number of rotatable bonds is 6. The van der Waals surface area contributed by atoms with Gasteiger partial charge in [0.1, 0.15) is 9.07 Å².